The van der Waals surface area contributed by atoms with Crippen LogP contribution in [-0.4, -0.2) is 49.3 Å². The van der Waals surface area contributed by atoms with E-state index in [1.165, 1.54) is 32.1 Å². The van der Waals surface area contributed by atoms with Crippen LogP contribution in [0.15, 0.2) is 0 Å². The number of ether oxygens (including phenoxy) is 1. The molecule has 1 N–H and O–H groups in total. The fraction of sp³-hybridized carbons (Fsp3) is 1.00. The van der Waals surface area contributed by atoms with Crippen LogP contribution in [0.4, 0.5) is 0 Å². The van der Waals surface area contributed by atoms with Gasteiger partial charge in [0.1, 0.15) is 0 Å². The smallest absolute Gasteiger partial charge is 0.0594 e. The standard InChI is InChI=1S/C16H32N2O/c1-4-9-17-15(14(2)3)16(7-5-6-8-16)18-10-12-19-13-11-18/h14-15,17H,4-13H2,1-3H3. The Labute approximate surface area is 119 Å². The van der Waals surface area contributed by atoms with Gasteiger partial charge in [-0.1, -0.05) is 33.6 Å². The lowest BCUT2D eigenvalue weighted by atomic mass is 9.79. The molecule has 3 nitrogen and oxygen atoms in total. The normalized spacial score (nSPS) is 25.9. The molecule has 1 saturated heterocycles. The van der Waals surface area contributed by atoms with Crippen LogP contribution >= 0.6 is 0 Å². The van der Waals surface area contributed by atoms with Gasteiger partial charge in [-0.2, -0.15) is 0 Å². The van der Waals surface area contributed by atoms with Crippen LogP contribution < -0.4 is 5.32 Å². The molecule has 1 aliphatic carbocycles. The lowest BCUT2D eigenvalue weighted by Crippen LogP contribution is -2.64. The third kappa shape index (κ3) is 3.32. The molecule has 1 aliphatic heterocycles. The first-order chi connectivity index (χ1) is 9.20. The summed E-state index contributed by atoms with van der Waals surface area (Å²) >= 11 is 0. The maximum atomic E-state index is 5.56. The highest BCUT2D eigenvalue weighted by Crippen LogP contribution is 2.40. The fourth-order valence-electron chi connectivity index (χ4n) is 4.17. The summed E-state index contributed by atoms with van der Waals surface area (Å²) in [7, 11) is 0. The number of rotatable bonds is 6. The molecular weight excluding hydrogens is 236 g/mol. The SMILES string of the molecule is CCCNC(C(C)C)C1(N2CCOCC2)CCCC1. The van der Waals surface area contributed by atoms with Crippen molar-refractivity contribution >= 4 is 0 Å². The van der Waals surface area contributed by atoms with Crippen molar-refractivity contribution in [3.05, 3.63) is 0 Å². The predicted octanol–water partition coefficient (Wildman–Crippen LogP) is 2.66. The lowest BCUT2D eigenvalue weighted by molar-refractivity contribution is -0.0424. The van der Waals surface area contributed by atoms with Gasteiger partial charge in [0.05, 0.1) is 13.2 Å². The Kier molecular flexibility index (Phi) is 5.67. The molecule has 1 heterocycles. The Balaban J connectivity index is 2.14. The molecule has 0 aromatic carbocycles. The minimum Gasteiger partial charge on any atom is -0.379 e. The Morgan fingerprint density at radius 3 is 2.32 bits per heavy atom. The van der Waals surface area contributed by atoms with Gasteiger partial charge < -0.3 is 10.1 Å². The second kappa shape index (κ2) is 7.05. The molecule has 0 aromatic heterocycles. The van der Waals surface area contributed by atoms with Crippen molar-refractivity contribution in [1.82, 2.24) is 10.2 Å². The Bertz CT molecular complexity index is 255. The molecule has 0 bridgehead atoms. The molecular formula is C16H32N2O. The van der Waals surface area contributed by atoms with Crippen LogP contribution in [0.25, 0.3) is 0 Å². The zero-order valence-electron chi connectivity index (χ0n) is 13.1. The van der Waals surface area contributed by atoms with Crippen molar-refractivity contribution in [1.29, 1.82) is 0 Å². The number of nitrogens with one attached hydrogen (secondary N) is 1. The summed E-state index contributed by atoms with van der Waals surface area (Å²) in [6.45, 7) is 12.3. The maximum absolute atomic E-state index is 5.56. The van der Waals surface area contributed by atoms with E-state index in [1.54, 1.807) is 0 Å². The van der Waals surface area contributed by atoms with Crippen molar-refractivity contribution in [2.24, 2.45) is 5.92 Å². The fourth-order valence-corrected chi connectivity index (χ4v) is 4.17. The van der Waals surface area contributed by atoms with Crippen molar-refractivity contribution < 1.29 is 4.74 Å². The second-order valence-electron chi connectivity index (χ2n) is 6.59. The first-order valence-corrected chi connectivity index (χ1v) is 8.27. The van der Waals surface area contributed by atoms with Gasteiger partial charge >= 0.3 is 0 Å². The summed E-state index contributed by atoms with van der Waals surface area (Å²) in [6.07, 6.45) is 6.75. The molecule has 0 spiro atoms. The van der Waals surface area contributed by atoms with E-state index in [2.05, 4.69) is 31.0 Å². The first kappa shape index (κ1) is 15.3. The third-order valence-corrected chi connectivity index (χ3v) is 4.97. The van der Waals surface area contributed by atoms with Gasteiger partial charge in [-0.25, -0.2) is 0 Å². The van der Waals surface area contributed by atoms with E-state index in [0.29, 0.717) is 17.5 Å². The molecule has 2 rings (SSSR count). The van der Waals surface area contributed by atoms with E-state index in [-0.39, 0.29) is 0 Å². The molecule has 2 aliphatic rings. The topological polar surface area (TPSA) is 24.5 Å². The number of nitrogens with zero attached hydrogens (tertiary/aromatic N) is 1. The first-order valence-electron chi connectivity index (χ1n) is 8.27. The molecule has 1 saturated carbocycles. The van der Waals surface area contributed by atoms with Crippen molar-refractivity contribution in [3.8, 4) is 0 Å². The van der Waals surface area contributed by atoms with E-state index in [1.807, 2.05) is 0 Å². The largest absolute Gasteiger partial charge is 0.379 e. The molecule has 112 valence electrons. The van der Waals surface area contributed by atoms with Gasteiger partial charge in [-0.05, 0) is 31.7 Å². The average molecular weight is 268 g/mol. The summed E-state index contributed by atoms with van der Waals surface area (Å²) in [5.41, 5.74) is 0.396. The van der Waals surface area contributed by atoms with Crippen LogP contribution in [-0.2, 0) is 4.74 Å². The van der Waals surface area contributed by atoms with Crippen LogP contribution in [0.5, 0.6) is 0 Å². The average Bonchev–Trinajstić information content (AvgIpc) is 2.90. The molecule has 1 unspecified atom stereocenters. The van der Waals surface area contributed by atoms with Gasteiger partial charge in [0.25, 0.3) is 0 Å². The number of hydrogen-bond acceptors (Lipinski definition) is 3. The quantitative estimate of drug-likeness (QED) is 0.801. The monoisotopic (exact) mass is 268 g/mol. The van der Waals surface area contributed by atoms with Crippen molar-refractivity contribution in [2.75, 3.05) is 32.8 Å². The van der Waals surface area contributed by atoms with E-state index >= 15 is 0 Å². The Hall–Kier alpha value is -0.120. The highest BCUT2D eigenvalue weighted by molar-refractivity contribution is 5.05. The van der Waals surface area contributed by atoms with E-state index in [0.717, 1.165) is 32.8 Å². The zero-order valence-corrected chi connectivity index (χ0v) is 13.1. The van der Waals surface area contributed by atoms with Gasteiger partial charge in [0.15, 0.2) is 0 Å². The van der Waals surface area contributed by atoms with Crippen LogP contribution in [0.2, 0.25) is 0 Å². The molecule has 2 fully saturated rings. The van der Waals surface area contributed by atoms with Gasteiger partial charge in [-0.15, -0.1) is 0 Å². The maximum Gasteiger partial charge on any atom is 0.0594 e. The molecule has 0 amide bonds. The van der Waals surface area contributed by atoms with Crippen LogP contribution in [0.3, 0.4) is 0 Å². The van der Waals surface area contributed by atoms with Crippen molar-refractivity contribution in [3.63, 3.8) is 0 Å². The molecule has 19 heavy (non-hydrogen) atoms. The summed E-state index contributed by atoms with van der Waals surface area (Å²) < 4.78 is 5.56. The van der Waals surface area contributed by atoms with E-state index in [4.69, 9.17) is 4.74 Å². The zero-order chi connectivity index (χ0) is 13.7. The number of hydrogen-bond donors (Lipinski definition) is 1. The molecule has 1 atom stereocenters. The van der Waals surface area contributed by atoms with Crippen molar-refractivity contribution in [2.45, 2.75) is 64.5 Å². The molecule has 3 heteroatoms. The minimum atomic E-state index is 0.396. The minimum absolute atomic E-state index is 0.396. The molecule has 0 aromatic rings. The second-order valence-corrected chi connectivity index (χ2v) is 6.59. The Morgan fingerprint density at radius 2 is 1.79 bits per heavy atom. The summed E-state index contributed by atoms with van der Waals surface area (Å²) in [4.78, 5) is 2.75. The highest BCUT2D eigenvalue weighted by Gasteiger charge is 2.46. The van der Waals surface area contributed by atoms with E-state index < -0.39 is 0 Å². The molecule has 0 radical (unpaired) electrons. The van der Waals surface area contributed by atoms with E-state index in [9.17, 15) is 0 Å². The summed E-state index contributed by atoms with van der Waals surface area (Å²) in [5, 5.41) is 3.87. The lowest BCUT2D eigenvalue weighted by Gasteiger charge is -2.50. The number of morpholine rings is 1. The van der Waals surface area contributed by atoms with Gasteiger partial charge in [-0.3, -0.25) is 4.90 Å². The van der Waals surface area contributed by atoms with Gasteiger partial charge in [0.2, 0.25) is 0 Å². The Morgan fingerprint density at radius 1 is 1.16 bits per heavy atom. The summed E-state index contributed by atoms with van der Waals surface area (Å²) in [5.74, 6) is 0.701. The summed E-state index contributed by atoms with van der Waals surface area (Å²) in [6, 6.07) is 0.632. The third-order valence-electron chi connectivity index (χ3n) is 4.97. The van der Waals surface area contributed by atoms with Crippen LogP contribution in [0.1, 0.15) is 52.9 Å². The van der Waals surface area contributed by atoms with Crippen LogP contribution in [0, 0.1) is 5.92 Å². The predicted molar refractivity (Wildman–Crippen MR) is 80.5 cm³/mol. The highest BCUT2D eigenvalue weighted by atomic mass is 16.5. The van der Waals surface area contributed by atoms with Gasteiger partial charge in [0, 0.05) is 24.7 Å².